The second-order valence-corrected chi connectivity index (χ2v) is 6.04. The van der Waals surface area contributed by atoms with Crippen molar-refractivity contribution in [1.29, 1.82) is 0 Å². The molecule has 0 spiro atoms. The molecule has 0 aromatic carbocycles. The number of hydrogen-bond donors (Lipinski definition) is 2. The van der Waals surface area contributed by atoms with Crippen molar-refractivity contribution >= 4 is 42.1 Å². The van der Waals surface area contributed by atoms with Gasteiger partial charge in [0.05, 0.1) is 19.3 Å². The van der Waals surface area contributed by atoms with Crippen molar-refractivity contribution < 1.29 is 9.53 Å². The molecule has 2 atom stereocenters. The minimum absolute atomic E-state index is 0. The normalized spacial score (nSPS) is 17.7. The number of carbonyl (C=O) groups excluding carboxylic acids is 1. The van der Waals surface area contributed by atoms with Crippen LogP contribution in [0.4, 0.5) is 0 Å². The lowest BCUT2D eigenvalue weighted by molar-refractivity contribution is -0.124. The third-order valence-electron chi connectivity index (χ3n) is 3.63. The zero-order valence-electron chi connectivity index (χ0n) is 12.7. The molecule has 8 heteroatoms. The Morgan fingerprint density at radius 1 is 1.45 bits per heavy atom. The van der Waals surface area contributed by atoms with E-state index in [1.807, 2.05) is 6.92 Å². The molecule has 1 aliphatic rings. The molecule has 0 aliphatic carbocycles. The smallest absolute Gasteiger partial charge is 0.224 e. The number of hydrogen-bond acceptors (Lipinski definition) is 5. The number of rotatable bonds is 6. The van der Waals surface area contributed by atoms with Crippen LogP contribution in [0.2, 0.25) is 0 Å². The van der Waals surface area contributed by atoms with Gasteiger partial charge in [0, 0.05) is 37.0 Å². The molecule has 2 rings (SSSR count). The SMILES string of the molecule is CC(CN)C(=O)NCC(c1cccs1)N1CCOCC1.Cl.Cl. The highest BCUT2D eigenvalue weighted by atomic mass is 35.5. The van der Waals surface area contributed by atoms with E-state index in [0.717, 1.165) is 26.3 Å². The number of morpholine rings is 1. The molecule has 1 aliphatic heterocycles. The fraction of sp³-hybridized carbons (Fsp3) is 0.643. The molecule has 1 saturated heterocycles. The molecule has 1 fully saturated rings. The van der Waals surface area contributed by atoms with E-state index in [9.17, 15) is 4.79 Å². The summed E-state index contributed by atoms with van der Waals surface area (Å²) in [4.78, 5) is 15.6. The molecule has 0 bridgehead atoms. The minimum Gasteiger partial charge on any atom is -0.379 e. The highest BCUT2D eigenvalue weighted by molar-refractivity contribution is 7.10. The van der Waals surface area contributed by atoms with Crippen molar-refractivity contribution in [3.63, 3.8) is 0 Å². The van der Waals surface area contributed by atoms with E-state index in [2.05, 4.69) is 27.7 Å². The molecule has 1 aromatic heterocycles. The third-order valence-corrected chi connectivity index (χ3v) is 4.60. The topological polar surface area (TPSA) is 67.6 Å². The summed E-state index contributed by atoms with van der Waals surface area (Å²) in [7, 11) is 0. The van der Waals surface area contributed by atoms with Crippen LogP contribution >= 0.6 is 36.2 Å². The lowest BCUT2D eigenvalue weighted by Crippen LogP contribution is -2.44. The predicted octanol–water partition coefficient (Wildman–Crippen LogP) is 1.68. The van der Waals surface area contributed by atoms with E-state index in [1.54, 1.807) is 11.3 Å². The van der Waals surface area contributed by atoms with Gasteiger partial charge in [-0.3, -0.25) is 9.69 Å². The monoisotopic (exact) mass is 369 g/mol. The largest absolute Gasteiger partial charge is 0.379 e. The van der Waals surface area contributed by atoms with E-state index in [0.29, 0.717) is 13.1 Å². The zero-order valence-corrected chi connectivity index (χ0v) is 15.1. The molecule has 3 N–H and O–H groups in total. The number of amides is 1. The molecule has 22 heavy (non-hydrogen) atoms. The molecule has 2 unspecified atom stereocenters. The first-order chi connectivity index (χ1) is 9.72. The Hall–Kier alpha value is -0.370. The molecule has 5 nitrogen and oxygen atoms in total. The first-order valence-electron chi connectivity index (χ1n) is 7.05. The molecular weight excluding hydrogens is 345 g/mol. The van der Waals surface area contributed by atoms with Crippen molar-refractivity contribution in [3.8, 4) is 0 Å². The van der Waals surface area contributed by atoms with Crippen LogP contribution in [-0.4, -0.2) is 50.2 Å². The van der Waals surface area contributed by atoms with Crippen LogP contribution in [0.3, 0.4) is 0 Å². The Morgan fingerprint density at radius 2 is 2.14 bits per heavy atom. The molecule has 0 saturated carbocycles. The van der Waals surface area contributed by atoms with Crippen LogP contribution in [0.1, 0.15) is 17.8 Å². The second-order valence-electron chi connectivity index (χ2n) is 5.06. The van der Waals surface area contributed by atoms with Gasteiger partial charge >= 0.3 is 0 Å². The van der Waals surface area contributed by atoms with Crippen molar-refractivity contribution in [3.05, 3.63) is 22.4 Å². The number of nitrogens with two attached hydrogens (primary N) is 1. The molecule has 0 radical (unpaired) electrons. The summed E-state index contributed by atoms with van der Waals surface area (Å²) < 4.78 is 5.41. The van der Waals surface area contributed by atoms with Crippen LogP contribution in [0, 0.1) is 5.92 Å². The van der Waals surface area contributed by atoms with Crippen LogP contribution in [-0.2, 0) is 9.53 Å². The summed E-state index contributed by atoms with van der Waals surface area (Å²) in [5.41, 5.74) is 5.53. The summed E-state index contributed by atoms with van der Waals surface area (Å²) in [6.07, 6.45) is 0. The van der Waals surface area contributed by atoms with Crippen LogP contribution in [0.25, 0.3) is 0 Å². The van der Waals surface area contributed by atoms with Crippen molar-refractivity contribution in [1.82, 2.24) is 10.2 Å². The lowest BCUT2D eigenvalue weighted by atomic mass is 10.1. The van der Waals surface area contributed by atoms with E-state index in [-0.39, 0.29) is 42.7 Å². The molecule has 1 amide bonds. The minimum atomic E-state index is -0.135. The molecule has 2 heterocycles. The highest BCUT2D eigenvalue weighted by Crippen LogP contribution is 2.25. The van der Waals surface area contributed by atoms with Gasteiger partial charge in [0.15, 0.2) is 0 Å². The van der Waals surface area contributed by atoms with Gasteiger partial charge in [-0.15, -0.1) is 36.2 Å². The Balaban J connectivity index is 0.00000220. The van der Waals surface area contributed by atoms with Crippen LogP contribution in [0.15, 0.2) is 17.5 Å². The van der Waals surface area contributed by atoms with E-state index >= 15 is 0 Å². The Morgan fingerprint density at radius 3 is 2.68 bits per heavy atom. The molecule has 1 aromatic rings. The van der Waals surface area contributed by atoms with Crippen LogP contribution < -0.4 is 11.1 Å². The Kier molecular flexibility index (Phi) is 11.0. The first-order valence-corrected chi connectivity index (χ1v) is 7.93. The van der Waals surface area contributed by atoms with Crippen molar-refractivity contribution in [2.24, 2.45) is 11.7 Å². The maximum absolute atomic E-state index is 11.9. The van der Waals surface area contributed by atoms with Gasteiger partial charge in [0.25, 0.3) is 0 Å². The van der Waals surface area contributed by atoms with Gasteiger partial charge in [-0.25, -0.2) is 0 Å². The van der Waals surface area contributed by atoms with Gasteiger partial charge in [0.2, 0.25) is 5.91 Å². The molecular formula is C14H25Cl2N3O2S. The standard InChI is InChI=1S/C14H23N3O2S.2ClH/c1-11(9-15)14(18)16-10-12(13-3-2-8-20-13)17-4-6-19-7-5-17;;/h2-3,8,11-12H,4-7,9-10,15H2,1H3,(H,16,18);2*1H. The third kappa shape index (κ3) is 6.02. The fourth-order valence-electron chi connectivity index (χ4n) is 2.26. The fourth-order valence-corrected chi connectivity index (χ4v) is 3.12. The Bertz CT molecular complexity index is 414. The van der Waals surface area contributed by atoms with Crippen molar-refractivity contribution in [2.75, 3.05) is 39.4 Å². The maximum Gasteiger partial charge on any atom is 0.224 e. The number of nitrogens with zero attached hydrogens (tertiary/aromatic N) is 1. The predicted molar refractivity (Wildman–Crippen MR) is 95.2 cm³/mol. The summed E-state index contributed by atoms with van der Waals surface area (Å²) in [5, 5.41) is 5.10. The number of ether oxygens (including phenoxy) is 1. The lowest BCUT2D eigenvalue weighted by Gasteiger charge is -2.34. The number of nitrogens with one attached hydrogen (secondary N) is 1. The average Bonchev–Trinajstić information content (AvgIpc) is 3.01. The molecule has 128 valence electrons. The van der Waals surface area contributed by atoms with Crippen LogP contribution in [0.5, 0.6) is 0 Å². The van der Waals surface area contributed by atoms with Gasteiger partial charge in [-0.2, -0.15) is 0 Å². The summed E-state index contributed by atoms with van der Waals surface area (Å²) in [5.74, 6) is -0.106. The number of thiophene rings is 1. The van der Waals surface area contributed by atoms with Crippen molar-refractivity contribution in [2.45, 2.75) is 13.0 Å². The highest BCUT2D eigenvalue weighted by Gasteiger charge is 2.24. The summed E-state index contributed by atoms with van der Waals surface area (Å²) in [6.45, 7) is 6.20. The van der Waals surface area contributed by atoms with Gasteiger partial charge in [-0.05, 0) is 11.4 Å². The van der Waals surface area contributed by atoms with Gasteiger partial charge in [-0.1, -0.05) is 13.0 Å². The van der Waals surface area contributed by atoms with E-state index in [4.69, 9.17) is 10.5 Å². The summed E-state index contributed by atoms with van der Waals surface area (Å²) >= 11 is 1.73. The first kappa shape index (κ1) is 21.6. The average molecular weight is 370 g/mol. The number of carbonyl (C=O) groups is 1. The van der Waals surface area contributed by atoms with E-state index < -0.39 is 0 Å². The van der Waals surface area contributed by atoms with Gasteiger partial charge < -0.3 is 15.8 Å². The number of halogens is 2. The quantitative estimate of drug-likeness (QED) is 0.800. The Labute approximate surface area is 148 Å². The zero-order chi connectivity index (χ0) is 14.4. The van der Waals surface area contributed by atoms with Gasteiger partial charge in [0.1, 0.15) is 0 Å². The second kappa shape index (κ2) is 11.2. The van der Waals surface area contributed by atoms with E-state index in [1.165, 1.54) is 4.88 Å². The summed E-state index contributed by atoms with van der Waals surface area (Å²) in [6, 6.07) is 4.41. The maximum atomic E-state index is 11.9.